The number of hydrogen-bond acceptors (Lipinski definition) is 4. The number of hydrogen-bond donors (Lipinski definition) is 1. The summed E-state index contributed by atoms with van der Waals surface area (Å²) < 4.78 is 16.8. The molecule has 1 atom stereocenters. The summed E-state index contributed by atoms with van der Waals surface area (Å²) in [7, 11) is 0. The molecule has 0 aliphatic carbocycles. The Kier molecular flexibility index (Phi) is 8.31. The highest BCUT2D eigenvalue weighted by Gasteiger charge is 2.13. The van der Waals surface area contributed by atoms with Crippen LogP contribution in [0.1, 0.15) is 44.1 Å². The van der Waals surface area contributed by atoms with Crippen LogP contribution in [0.5, 0.6) is 5.75 Å². The zero-order valence-corrected chi connectivity index (χ0v) is 13.3. The number of benzene rings is 1. The molecule has 0 saturated carbocycles. The van der Waals surface area contributed by atoms with Crippen LogP contribution in [0, 0.1) is 0 Å². The summed E-state index contributed by atoms with van der Waals surface area (Å²) in [5.74, 6) is 0.870. The largest absolute Gasteiger partial charge is 0.494 e. The number of ether oxygens (including phenoxy) is 3. The lowest BCUT2D eigenvalue weighted by atomic mass is 10.1. The number of rotatable bonds is 10. The lowest BCUT2D eigenvalue weighted by Gasteiger charge is -2.22. The number of aryl methyl sites for hydroxylation is 1. The Morgan fingerprint density at radius 3 is 2.64 bits per heavy atom. The second-order valence-corrected chi connectivity index (χ2v) is 5.69. The van der Waals surface area contributed by atoms with E-state index in [1.165, 1.54) is 18.4 Å². The van der Waals surface area contributed by atoms with Crippen molar-refractivity contribution in [2.75, 3.05) is 26.4 Å². The summed E-state index contributed by atoms with van der Waals surface area (Å²) in [5.41, 5.74) is 1.32. The third-order valence-corrected chi connectivity index (χ3v) is 3.80. The minimum atomic E-state index is 0.0316. The normalized spacial score (nSPS) is 18.3. The maximum absolute atomic E-state index is 8.71. The Bertz CT molecular complexity index is 385. The fraction of sp³-hybridized carbons (Fsp3) is 0.667. The van der Waals surface area contributed by atoms with Gasteiger partial charge in [0.05, 0.1) is 6.61 Å². The molecule has 1 aromatic carbocycles. The van der Waals surface area contributed by atoms with Crippen molar-refractivity contribution in [3.05, 3.63) is 29.8 Å². The third-order valence-electron chi connectivity index (χ3n) is 3.80. The van der Waals surface area contributed by atoms with Gasteiger partial charge in [-0.25, -0.2) is 0 Å². The van der Waals surface area contributed by atoms with Gasteiger partial charge in [-0.15, -0.1) is 0 Å². The predicted molar refractivity (Wildman–Crippen MR) is 86.1 cm³/mol. The fourth-order valence-electron chi connectivity index (χ4n) is 2.50. The van der Waals surface area contributed by atoms with Crippen molar-refractivity contribution < 1.29 is 19.3 Å². The van der Waals surface area contributed by atoms with Gasteiger partial charge in [0.25, 0.3) is 0 Å². The lowest BCUT2D eigenvalue weighted by molar-refractivity contribution is -0.162. The van der Waals surface area contributed by atoms with Crippen molar-refractivity contribution in [2.24, 2.45) is 0 Å². The minimum Gasteiger partial charge on any atom is -0.494 e. The zero-order valence-electron chi connectivity index (χ0n) is 13.3. The van der Waals surface area contributed by atoms with Crippen molar-refractivity contribution in [2.45, 2.75) is 51.2 Å². The van der Waals surface area contributed by atoms with E-state index >= 15 is 0 Å². The van der Waals surface area contributed by atoms with Gasteiger partial charge >= 0.3 is 0 Å². The van der Waals surface area contributed by atoms with Crippen LogP contribution in [-0.2, 0) is 15.9 Å². The monoisotopic (exact) mass is 308 g/mol. The molecule has 0 spiro atoms. The molecule has 1 heterocycles. The summed E-state index contributed by atoms with van der Waals surface area (Å²) in [4.78, 5) is 0. The van der Waals surface area contributed by atoms with Gasteiger partial charge in [-0.1, -0.05) is 12.1 Å². The van der Waals surface area contributed by atoms with Crippen molar-refractivity contribution in [1.82, 2.24) is 0 Å². The van der Waals surface area contributed by atoms with Crippen molar-refractivity contribution in [1.29, 1.82) is 0 Å². The average molecular weight is 308 g/mol. The van der Waals surface area contributed by atoms with Crippen LogP contribution in [0.4, 0.5) is 0 Å². The lowest BCUT2D eigenvalue weighted by Crippen LogP contribution is -2.22. The molecule has 124 valence electrons. The SMILES string of the molecule is OCCCOc1ccc(CCCCOC2CCCCO2)cc1. The fourth-order valence-corrected chi connectivity index (χ4v) is 2.50. The average Bonchev–Trinajstić information content (AvgIpc) is 2.57. The molecular formula is C18H28O4. The predicted octanol–water partition coefficient (Wildman–Crippen LogP) is 3.31. The van der Waals surface area contributed by atoms with Crippen molar-refractivity contribution in [3.63, 3.8) is 0 Å². The van der Waals surface area contributed by atoms with E-state index in [2.05, 4.69) is 12.1 Å². The van der Waals surface area contributed by atoms with Crippen LogP contribution in [-0.4, -0.2) is 37.8 Å². The molecule has 0 radical (unpaired) electrons. The van der Waals surface area contributed by atoms with Crippen LogP contribution in [0.25, 0.3) is 0 Å². The Balaban J connectivity index is 1.54. The van der Waals surface area contributed by atoms with E-state index in [-0.39, 0.29) is 12.9 Å². The Morgan fingerprint density at radius 1 is 1.05 bits per heavy atom. The quantitative estimate of drug-likeness (QED) is 0.674. The van der Waals surface area contributed by atoms with Crippen LogP contribution in [0.3, 0.4) is 0 Å². The molecule has 2 rings (SSSR count). The first-order valence-corrected chi connectivity index (χ1v) is 8.44. The van der Waals surface area contributed by atoms with E-state index in [9.17, 15) is 0 Å². The van der Waals surface area contributed by atoms with E-state index in [4.69, 9.17) is 19.3 Å². The summed E-state index contributed by atoms with van der Waals surface area (Å²) >= 11 is 0. The highest BCUT2D eigenvalue weighted by molar-refractivity contribution is 5.27. The van der Waals surface area contributed by atoms with Gasteiger partial charge < -0.3 is 19.3 Å². The number of aliphatic hydroxyl groups excluding tert-OH is 1. The Morgan fingerprint density at radius 2 is 1.91 bits per heavy atom. The topological polar surface area (TPSA) is 47.9 Å². The van der Waals surface area contributed by atoms with Crippen LogP contribution in [0.2, 0.25) is 0 Å². The van der Waals surface area contributed by atoms with E-state index in [0.717, 1.165) is 44.6 Å². The van der Waals surface area contributed by atoms with Gasteiger partial charge in [-0.3, -0.25) is 0 Å². The molecule has 22 heavy (non-hydrogen) atoms. The minimum absolute atomic E-state index is 0.0316. The molecule has 1 aliphatic rings. The Hall–Kier alpha value is -1.10. The van der Waals surface area contributed by atoms with E-state index in [0.29, 0.717) is 13.0 Å². The first-order chi connectivity index (χ1) is 10.9. The van der Waals surface area contributed by atoms with Crippen molar-refractivity contribution >= 4 is 0 Å². The first kappa shape index (κ1) is 17.3. The van der Waals surface area contributed by atoms with Gasteiger partial charge in [0.2, 0.25) is 0 Å². The zero-order chi connectivity index (χ0) is 15.5. The molecule has 1 fully saturated rings. The molecule has 1 aromatic rings. The van der Waals surface area contributed by atoms with Crippen LogP contribution >= 0.6 is 0 Å². The molecule has 0 bridgehead atoms. The van der Waals surface area contributed by atoms with Gasteiger partial charge in [0, 0.05) is 26.2 Å². The summed E-state index contributed by atoms with van der Waals surface area (Å²) in [6, 6.07) is 8.22. The van der Waals surface area contributed by atoms with Gasteiger partial charge in [-0.05, 0) is 56.2 Å². The molecular weight excluding hydrogens is 280 g/mol. The summed E-state index contributed by atoms with van der Waals surface area (Å²) in [5, 5.41) is 8.71. The van der Waals surface area contributed by atoms with E-state index < -0.39 is 0 Å². The maximum atomic E-state index is 8.71. The second kappa shape index (κ2) is 10.6. The molecule has 4 heteroatoms. The highest BCUT2D eigenvalue weighted by Crippen LogP contribution is 2.16. The summed E-state index contributed by atoms with van der Waals surface area (Å²) in [6.45, 7) is 2.37. The Labute approximate surface area is 133 Å². The standard InChI is InChI=1S/C18H28O4/c19-12-5-15-20-17-10-8-16(9-11-17)6-1-3-13-21-18-7-2-4-14-22-18/h8-11,18-19H,1-7,12-15H2. The summed E-state index contributed by atoms with van der Waals surface area (Å²) in [6.07, 6.45) is 7.38. The molecule has 1 aliphatic heterocycles. The molecule has 1 unspecified atom stereocenters. The molecule has 0 amide bonds. The highest BCUT2D eigenvalue weighted by atomic mass is 16.7. The van der Waals surface area contributed by atoms with Gasteiger partial charge in [-0.2, -0.15) is 0 Å². The van der Waals surface area contributed by atoms with E-state index in [1.807, 2.05) is 12.1 Å². The van der Waals surface area contributed by atoms with Crippen molar-refractivity contribution in [3.8, 4) is 5.75 Å². The molecule has 1 saturated heterocycles. The number of aliphatic hydroxyl groups is 1. The second-order valence-electron chi connectivity index (χ2n) is 5.69. The smallest absolute Gasteiger partial charge is 0.157 e. The van der Waals surface area contributed by atoms with Crippen LogP contribution in [0.15, 0.2) is 24.3 Å². The third kappa shape index (κ3) is 6.77. The van der Waals surface area contributed by atoms with Gasteiger partial charge in [0.15, 0.2) is 6.29 Å². The molecule has 0 aromatic heterocycles. The van der Waals surface area contributed by atoms with Crippen LogP contribution < -0.4 is 4.74 Å². The molecule has 1 N–H and O–H groups in total. The van der Waals surface area contributed by atoms with Gasteiger partial charge in [0.1, 0.15) is 5.75 Å². The number of unbranched alkanes of at least 4 members (excludes halogenated alkanes) is 1. The maximum Gasteiger partial charge on any atom is 0.157 e. The molecule has 4 nitrogen and oxygen atoms in total. The van der Waals surface area contributed by atoms with E-state index in [1.54, 1.807) is 0 Å². The first-order valence-electron chi connectivity index (χ1n) is 8.44.